The van der Waals surface area contributed by atoms with E-state index in [1.807, 2.05) is 68.4 Å². The molecule has 0 bridgehead atoms. The third kappa shape index (κ3) is 3.86. The molecule has 3 aromatic rings. The third-order valence-electron chi connectivity index (χ3n) is 4.17. The number of hydrogen-bond donors (Lipinski definition) is 2. The Bertz CT molecular complexity index is 927. The second-order valence-electron chi connectivity index (χ2n) is 6.06. The fourth-order valence-corrected chi connectivity index (χ4v) is 2.79. The maximum absolute atomic E-state index is 12.3. The Kier molecular flexibility index (Phi) is 4.80. The molecule has 0 aliphatic carbocycles. The van der Waals surface area contributed by atoms with Crippen molar-refractivity contribution in [2.75, 3.05) is 11.9 Å². The largest absolute Gasteiger partial charge is 0.343 e. The van der Waals surface area contributed by atoms with E-state index in [1.54, 1.807) is 6.07 Å². The molecule has 0 saturated carbocycles. The van der Waals surface area contributed by atoms with Crippen LogP contribution in [0.2, 0.25) is 0 Å². The molecule has 25 heavy (non-hydrogen) atoms. The van der Waals surface area contributed by atoms with Gasteiger partial charge in [-0.2, -0.15) is 0 Å². The maximum Gasteiger partial charge on any atom is 0.251 e. The Balaban J connectivity index is 1.64. The van der Waals surface area contributed by atoms with Crippen molar-refractivity contribution in [3.63, 3.8) is 0 Å². The minimum atomic E-state index is -0.262. The molecule has 3 rings (SSSR count). The number of nitrogens with one attached hydrogen (secondary N) is 2. The van der Waals surface area contributed by atoms with E-state index >= 15 is 0 Å². The molecular weight excluding hydrogens is 312 g/mol. The average Bonchev–Trinajstić information content (AvgIpc) is 2.62. The number of anilines is 1. The second-order valence-corrected chi connectivity index (χ2v) is 6.06. The van der Waals surface area contributed by atoms with Gasteiger partial charge >= 0.3 is 0 Å². The van der Waals surface area contributed by atoms with Gasteiger partial charge in [-0.1, -0.05) is 48.5 Å². The van der Waals surface area contributed by atoms with Gasteiger partial charge in [0.1, 0.15) is 0 Å². The van der Waals surface area contributed by atoms with Crippen LogP contribution in [-0.4, -0.2) is 18.4 Å². The standard InChI is InChI=1S/C21H20N2O2/c1-14-6-5-7-15(2)20(14)23-19(24)13-22-21(25)18-11-10-16-8-3-4-9-17(16)12-18/h3-12H,13H2,1-2H3,(H,22,25)(H,23,24). The summed E-state index contributed by atoms with van der Waals surface area (Å²) in [6.07, 6.45) is 0. The third-order valence-corrected chi connectivity index (χ3v) is 4.17. The highest BCUT2D eigenvalue weighted by Crippen LogP contribution is 2.19. The molecule has 2 N–H and O–H groups in total. The van der Waals surface area contributed by atoms with Crippen LogP contribution < -0.4 is 10.6 Å². The van der Waals surface area contributed by atoms with Crippen LogP contribution in [0.25, 0.3) is 10.8 Å². The zero-order valence-electron chi connectivity index (χ0n) is 14.3. The molecule has 4 heteroatoms. The maximum atomic E-state index is 12.3. The SMILES string of the molecule is Cc1cccc(C)c1NC(=O)CNC(=O)c1ccc2ccccc2c1. The summed E-state index contributed by atoms with van der Waals surface area (Å²) in [5.41, 5.74) is 3.33. The summed E-state index contributed by atoms with van der Waals surface area (Å²) in [7, 11) is 0. The molecule has 126 valence electrons. The highest BCUT2D eigenvalue weighted by atomic mass is 16.2. The molecule has 0 radical (unpaired) electrons. The Hall–Kier alpha value is -3.14. The molecule has 0 unspecified atom stereocenters. The van der Waals surface area contributed by atoms with Gasteiger partial charge in [-0.3, -0.25) is 9.59 Å². The van der Waals surface area contributed by atoms with Crippen LogP contribution >= 0.6 is 0 Å². The lowest BCUT2D eigenvalue weighted by atomic mass is 10.1. The molecule has 0 heterocycles. The summed E-state index contributed by atoms with van der Waals surface area (Å²) in [4.78, 5) is 24.4. The van der Waals surface area contributed by atoms with Crippen LogP contribution in [0.5, 0.6) is 0 Å². The first-order chi connectivity index (χ1) is 12.0. The first kappa shape index (κ1) is 16.7. The van der Waals surface area contributed by atoms with Crippen molar-refractivity contribution in [1.82, 2.24) is 5.32 Å². The Morgan fingerprint density at radius 3 is 2.24 bits per heavy atom. The minimum Gasteiger partial charge on any atom is -0.343 e. The van der Waals surface area contributed by atoms with Crippen LogP contribution in [-0.2, 0) is 4.79 Å². The minimum absolute atomic E-state index is 0.0700. The number of carbonyl (C=O) groups is 2. The number of benzene rings is 3. The number of rotatable bonds is 4. The van der Waals surface area contributed by atoms with Crippen LogP contribution in [0.3, 0.4) is 0 Å². The Morgan fingerprint density at radius 1 is 0.840 bits per heavy atom. The monoisotopic (exact) mass is 332 g/mol. The number of carbonyl (C=O) groups excluding carboxylic acids is 2. The fraction of sp³-hybridized carbons (Fsp3) is 0.143. The normalized spacial score (nSPS) is 10.5. The van der Waals surface area contributed by atoms with Crippen LogP contribution in [0.4, 0.5) is 5.69 Å². The molecule has 2 amide bonds. The predicted octanol–water partition coefficient (Wildman–Crippen LogP) is 3.83. The first-order valence-electron chi connectivity index (χ1n) is 8.17. The molecule has 3 aromatic carbocycles. The van der Waals surface area contributed by atoms with Gasteiger partial charge in [0.25, 0.3) is 5.91 Å². The van der Waals surface area contributed by atoms with E-state index in [2.05, 4.69) is 10.6 Å². The van der Waals surface area contributed by atoms with Gasteiger partial charge in [-0.15, -0.1) is 0 Å². The van der Waals surface area contributed by atoms with Crippen molar-refractivity contribution in [3.8, 4) is 0 Å². The molecule has 0 aliphatic rings. The van der Waals surface area contributed by atoms with E-state index in [0.717, 1.165) is 27.6 Å². The van der Waals surface area contributed by atoms with Gasteiger partial charge in [0.05, 0.1) is 6.54 Å². The van der Waals surface area contributed by atoms with E-state index in [4.69, 9.17) is 0 Å². The van der Waals surface area contributed by atoms with Crippen molar-refractivity contribution >= 4 is 28.3 Å². The average molecular weight is 332 g/mol. The molecule has 0 saturated heterocycles. The summed E-state index contributed by atoms with van der Waals surface area (Å²) in [5.74, 6) is -0.506. The lowest BCUT2D eigenvalue weighted by Crippen LogP contribution is -2.33. The van der Waals surface area contributed by atoms with E-state index in [9.17, 15) is 9.59 Å². The fourth-order valence-electron chi connectivity index (χ4n) is 2.79. The van der Waals surface area contributed by atoms with Crippen LogP contribution in [0.15, 0.2) is 60.7 Å². The number of aryl methyl sites for hydroxylation is 2. The smallest absolute Gasteiger partial charge is 0.251 e. The molecule has 0 fully saturated rings. The van der Waals surface area contributed by atoms with Crippen molar-refractivity contribution in [2.24, 2.45) is 0 Å². The van der Waals surface area contributed by atoms with Crippen molar-refractivity contribution in [1.29, 1.82) is 0 Å². The number of hydrogen-bond acceptors (Lipinski definition) is 2. The summed E-state index contributed by atoms with van der Waals surface area (Å²) >= 11 is 0. The molecule has 0 aromatic heterocycles. The summed E-state index contributed by atoms with van der Waals surface area (Å²) in [5, 5.41) is 7.60. The molecule has 0 spiro atoms. The van der Waals surface area contributed by atoms with E-state index < -0.39 is 0 Å². The molecular formula is C21H20N2O2. The number of amides is 2. The summed E-state index contributed by atoms with van der Waals surface area (Å²) in [6, 6.07) is 19.2. The molecule has 0 aliphatic heterocycles. The highest BCUT2D eigenvalue weighted by molar-refractivity contribution is 6.01. The molecule has 0 atom stereocenters. The topological polar surface area (TPSA) is 58.2 Å². The predicted molar refractivity (Wildman–Crippen MR) is 101 cm³/mol. The van der Waals surface area contributed by atoms with Gasteiger partial charge in [0.15, 0.2) is 0 Å². The van der Waals surface area contributed by atoms with Gasteiger partial charge in [-0.05, 0) is 47.9 Å². The van der Waals surface area contributed by atoms with Gasteiger partial charge in [-0.25, -0.2) is 0 Å². The zero-order chi connectivity index (χ0) is 17.8. The van der Waals surface area contributed by atoms with E-state index in [-0.39, 0.29) is 18.4 Å². The lowest BCUT2D eigenvalue weighted by Gasteiger charge is -2.12. The number of para-hydroxylation sites is 1. The Morgan fingerprint density at radius 2 is 1.52 bits per heavy atom. The van der Waals surface area contributed by atoms with Crippen molar-refractivity contribution < 1.29 is 9.59 Å². The van der Waals surface area contributed by atoms with Crippen LogP contribution in [0, 0.1) is 13.8 Å². The molecule has 4 nitrogen and oxygen atoms in total. The van der Waals surface area contributed by atoms with Gasteiger partial charge < -0.3 is 10.6 Å². The summed E-state index contributed by atoms with van der Waals surface area (Å²) in [6.45, 7) is 3.81. The van der Waals surface area contributed by atoms with Crippen LogP contribution in [0.1, 0.15) is 21.5 Å². The Labute approximate surface area is 146 Å². The second kappa shape index (κ2) is 7.18. The quantitative estimate of drug-likeness (QED) is 0.763. The lowest BCUT2D eigenvalue weighted by molar-refractivity contribution is -0.115. The van der Waals surface area contributed by atoms with Gasteiger partial charge in [0, 0.05) is 11.3 Å². The number of fused-ring (bicyclic) bond motifs is 1. The summed E-state index contributed by atoms with van der Waals surface area (Å²) < 4.78 is 0. The first-order valence-corrected chi connectivity index (χ1v) is 8.17. The van der Waals surface area contributed by atoms with Crippen molar-refractivity contribution in [2.45, 2.75) is 13.8 Å². The van der Waals surface area contributed by atoms with E-state index in [0.29, 0.717) is 5.56 Å². The van der Waals surface area contributed by atoms with Gasteiger partial charge in [0.2, 0.25) is 5.91 Å². The van der Waals surface area contributed by atoms with Crippen molar-refractivity contribution in [3.05, 3.63) is 77.4 Å². The van der Waals surface area contributed by atoms with E-state index in [1.165, 1.54) is 0 Å². The zero-order valence-corrected chi connectivity index (χ0v) is 14.3. The highest BCUT2D eigenvalue weighted by Gasteiger charge is 2.10.